The van der Waals surface area contributed by atoms with Crippen LogP contribution >= 0.6 is 0 Å². The van der Waals surface area contributed by atoms with Crippen LogP contribution in [0.25, 0.3) is 11.3 Å². The molecular weight excluding hydrogens is 308 g/mol. The number of carbonyl (C=O) groups excluding carboxylic acids is 2. The monoisotopic (exact) mass is 322 g/mol. The first-order valence-corrected chi connectivity index (χ1v) is 7.14. The minimum Gasteiger partial charge on any atom is -0.423 e. The largest absolute Gasteiger partial charge is 0.423 e. The van der Waals surface area contributed by atoms with Crippen molar-refractivity contribution in [2.45, 2.75) is 6.92 Å². The molecule has 24 heavy (non-hydrogen) atoms. The predicted molar refractivity (Wildman–Crippen MR) is 86.5 cm³/mol. The number of H-pyrrole nitrogens is 1. The molecule has 3 rings (SSSR count). The van der Waals surface area contributed by atoms with Crippen LogP contribution in [0.15, 0.2) is 48.5 Å². The van der Waals surface area contributed by atoms with E-state index in [0.29, 0.717) is 22.6 Å². The second-order valence-electron chi connectivity index (χ2n) is 5.17. The highest BCUT2D eigenvalue weighted by Crippen LogP contribution is 2.23. The minimum atomic E-state index is -0.672. The SMILES string of the molecule is Cc1cccc(C(=O)Oc2ccc(-c3n[nH]nc3C(N)=O)cc2)c1. The molecule has 1 amide bonds. The topological polar surface area (TPSA) is 111 Å². The Bertz CT molecular complexity index is 900. The van der Waals surface area contributed by atoms with Gasteiger partial charge in [0.2, 0.25) is 0 Å². The average molecular weight is 322 g/mol. The van der Waals surface area contributed by atoms with Gasteiger partial charge in [-0.05, 0) is 43.3 Å². The molecular formula is C17H14N4O3. The van der Waals surface area contributed by atoms with Gasteiger partial charge in [0.1, 0.15) is 11.4 Å². The zero-order chi connectivity index (χ0) is 17.1. The molecule has 7 heteroatoms. The van der Waals surface area contributed by atoms with Crippen molar-refractivity contribution in [3.63, 3.8) is 0 Å². The van der Waals surface area contributed by atoms with E-state index in [0.717, 1.165) is 5.56 Å². The number of amides is 1. The molecule has 7 nitrogen and oxygen atoms in total. The molecule has 0 spiro atoms. The van der Waals surface area contributed by atoms with E-state index in [1.165, 1.54) is 0 Å². The maximum absolute atomic E-state index is 12.1. The first-order chi connectivity index (χ1) is 11.5. The second-order valence-corrected chi connectivity index (χ2v) is 5.17. The van der Waals surface area contributed by atoms with Gasteiger partial charge in [-0.1, -0.05) is 17.7 Å². The van der Waals surface area contributed by atoms with Gasteiger partial charge in [-0.3, -0.25) is 4.79 Å². The van der Waals surface area contributed by atoms with Gasteiger partial charge in [0.25, 0.3) is 5.91 Å². The fourth-order valence-electron chi connectivity index (χ4n) is 2.22. The first-order valence-electron chi connectivity index (χ1n) is 7.14. The lowest BCUT2D eigenvalue weighted by Crippen LogP contribution is -2.12. The van der Waals surface area contributed by atoms with Crippen molar-refractivity contribution in [3.05, 3.63) is 65.4 Å². The number of aromatic nitrogens is 3. The molecule has 0 radical (unpaired) electrons. The van der Waals surface area contributed by atoms with Crippen LogP contribution in [0.3, 0.4) is 0 Å². The lowest BCUT2D eigenvalue weighted by Gasteiger charge is -2.06. The molecule has 3 N–H and O–H groups in total. The quantitative estimate of drug-likeness (QED) is 0.564. The van der Waals surface area contributed by atoms with E-state index in [4.69, 9.17) is 10.5 Å². The van der Waals surface area contributed by atoms with Crippen molar-refractivity contribution in [1.29, 1.82) is 0 Å². The summed E-state index contributed by atoms with van der Waals surface area (Å²) in [4.78, 5) is 23.4. The lowest BCUT2D eigenvalue weighted by molar-refractivity contribution is 0.0734. The molecule has 120 valence electrons. The Morgan fingerprint density at radius 3 is 2.50 bits per heavy atom. The lowest BCUT2D eigenvalue weighted by atomic mass is 10.1. The number of nitrogens with two attached hydrogens (primary N) is 1. The molecule has 0 aliphatic carbocycles. The van der Waals surface area contributed by atoms with E-state index in [-0.39, 0.29) is 5.69 Å². The summed E-state index contributed by atoms with van der Waals surface area (Å²) >= 11 is 0. The van der Waals surface area contributed by atoms with Crippen LogP contribution in [0.4, 0.5) is 0 Å². The van der Waals surface area contributed by atoms with Gasteiger partial charge >= 0.3 is 5.97 Å². The van der Waals surface area contributed by atoms with Crippen molar-refractivity contribution >= 4 is 11.9 Å². The van der Waals surface area contributed by atoms with Crippen LogP contribution in [-0.2, 0) is 0 Å². The number of hydrogen-bond donors (Lipinski definition) is 2. The van der Waals surface area contributed by atoms with Gasteiger partial charge in [-0.2, -0.15) is 15.4 Å². The van der Waals surface area contributed by atoms with Crippen LogP contribution in [0.2, 0.25) is 0 Å². The summed E-state index contributed by atoms with van der Waals surface area (Å²) in [6.07, 6.45) is 0. The highest BCUT2D eigenvalue weighted by Gasteiger charge is 2.15. The molecule has 0 saturated carbocycles. The van der Waals surface area contributed by atoms with E-state index in [1.54, 1.807) is 42.5 Å². The van der Waals surface area contributed by atoms with Crippen LogP contribution in [0.5, 0.6) is 5.75 Å². The summed E-state index contributed by atoms with van der Waals surface area (Å²) in [6.45, 7) is 1.90. The number of benzene rings is 2. The Labute approximate surface area is 137 Å². The standard InChI is InChI=1S/C17H14N4O3/c1-10-3-2-4-12(9-10)17(23)24-13-7-5-11(6-8-13)14-15(16(18)22)20-21-19-14/h2-9H,1H3,(H2,18,22)(H,19,20,21). The van der Waals surface area contributed by atoms with Gasteiger partial charge in [0.15, 0.2) is 5.69 Å². The molecule has 2 aromatic carbocycles. The summed E-state index contributed by atoms with van der Waals surface area (Å²) in [7, 11) is 0. The van der Waals surface area contributed by atoms with Crippen molar-refractivity contribution in [3.8, 4) is 17.0 Å². The van der Waals surface area contributed by atoms with Gasteiger partial charge < -0.3 is 10.5 Å². The maximum atomic E-state index is 12.1. The molecule has 1 heterocycles. The van der Waals surface area contributed by atoms with Crippen LogP contribution in [-0.4, -0.2) is 27.3 Å². The number of nitrogens with zero attached hydrogens (tertiary/aromatic N) is 2. The number of aryl methyl sites for hydroxylation is 1. The second kappa shape index (κ2) is 6.33. The third kappa shape index (κ3) is 3.14. The molecule has 0 atom stereocenters. The van der Waals surface area contributed by atoms with Crippen LogP contribution in [0, 0.1) is 6.92 Å². The molecule has 0 fully saturated rings. The fraction of sp³-hybridized carbons (Fsp3) is 0.0588. The van der Waals surface area contributed by atoms with Crippen molar-refractivity contribution in [2.24, 2.45) is 5.73 Å². The molecule has 1 aromatic heterocycles. The van der Waals surface area contributed by atoms with Gasteiger partial charge in [0, 0.05) is 5.56 Å². The third-order valence-corrected chi connectivity index (χ3v) is 3.37. The van der Waals surface area contributed by atoms with Crippen molar-refractivity contribution < 1.29 is 14.3 Å². The van der Waals surface area contributed by atoms with Gasteiger partial charge in [-0.15, -0.1) is 0 Å². The number of nitrogens with one attached hydrogen (secondary N) is 1. The molecule has 0 aliphatic heterocycles. The van der Waals surface area contributed by atoms with Crippen LogP contribution < -0.4 is 10.5 Å². The Morgan fingerprint density at radius 2 is 1.83 bits per heavy atom. The molecule has 0 bridgehead atoms. The summed E-state index contributed by atoms with van der Waals surface area (Å²) in [5.74, 6) is -0.728. The van der Waals surface area contributed by atoms with E-state index >= 15 is 0 Å². The number of esters is 1. The van der Waals surface area contributed by atoms with E-state index in [9.17, 15) is 9.59 Å². The summed E-state index contributed by atoms with van der Waals surface area (Å²) < 4.78 is 5.33. The number of ether oxygens (including phenoxy) is 1. The van der Waals surface area contributed by atoms with Crippen LogP contribution in [0.1, 0.15) is 26.4 Å². The number of primary amides is 1. The summed E-state index contributed by atoms with van der Waals surface area (Å²) in [6, 6.07) is 13.7. The number of aromatic amines is 1. The minimum absolute atomic E-state index is 0.0551. The molecule has 0 unspecified atom stereocenters. The molecule has 0 saturated heterocycles. The van der Waals surface area contributed by atoms with E-state index < -0.39 is 11.9 Å². The Hall–Kier alpha value is -3.48. The van der Waals surface area contributed by atoms with Gasteiger partial charge in [-0.25, -0.2) is 4.79 Å². The Morgan fingerprint density at radius 1 is 1.08 bits per heavy atom. The maximum Gasteiger partial charge on any atom is 0.343 e. The number of rotatable bonds is 4. The highest BCUT2D eigenvalue weighted by atomic mass is 16.5. The molecule has 3 aromatic rings. The van der Waals surface area contributed by atoms with Crippen molar-refractivity contribution in [2.75, 3.05) is 0 Å². The summed E-state index contributed by atoms with van der Waals surface area (Å²) in [5, 5.41) is 9.99. The molecule has 0 aliphatic rings. The number of hydrogen-bond acceptors (Lipinski definition) is 5. The zero-order valence-electron chi connectivity index (χ0n) is 12.8. The highest BCUT2D eigenvalue weighted by molar-refractivity contribution is 5.96. The number of carbonyl (C=O) groups is 2. The Balaban J connectivity index is 1.79. The normalized spacial score (nSPS) is 10.4. The predicted octanol–water partition coefficient (Wildman–Crippen LogP) is 2.10. The van der Waals surface area contributed by atoms with E-state index in [2.05, 4.69) is 15.4 Å². The fourth-order valence-corrected chi connectivity index (χ4v) is 2.22. The first kappa shape index (κ1) is 15.4. The van der Waals surface area contributed by atoms with E-state index in [1.807, 2.05) is 13.0 Å². The van der Waals surface area contributed by atoms with Gasteiger partial charge in [0.05, 0.1) is 5.56 Å². The third-order valence-electron chi connectivity index (χ3n) is 3.37. The smallest absolute Gasteiger partial charge is 0.343 e. The Kier molecular flexibility index (Phi) is 4.07. The van der Waals surface area contributed by atoms with Crippen molar-refractivity contribution in [1.82, 2.24) is 15.4 Å². The summed E-state index contributed by atoms with van der Waals surface area (Å²) in [5.41, 5.74) is 7.73. The zero-order valence-corrected chi connectivity index (χ0v) is 12.8. The average Bonchev–Trinajstić information content (AvgIpc) is 3.05.